The summed E-state index contributed by atoms with van der Waals surface area (Å²) in [7, 11) is 0. The predicted molar refractivity (Wildman–Crippen MR) is 86.9 cm³/mol. The van der Waals surface area contributed by atoms with Gasteiger partial charge in [0.15, 0.2) is 0 Å². The van der Waals surface area contributed by atoms with Crippen molar-refractivity contribution < 1.29 is 14.3 Å². The quantitative estimate of drug-likeness (QED) is 0.490. The molecule has 0 aromatic heterocycles. The minimum absolute atomic E-state index is 0.0182. The van der Waals surface area contributed by atoms with Crippen LogP contribution in [0, 0.1) is 0 Å². The van der Waals surface area contributed by atoms with Gasteiger partial charge in [-0.25, -0.2) is 0 Å². The fourth-order valence-electron chi connectivity index (χ4n) is 1.96. The molecule has 0 fully saturated rings. The topological polar surface area (TPSA) is 47.6 Å². The van der Waals surface area contributed by atoms with Crippen molar-refractivity contribution in [2.24, 2.45) is 0 Å². The Morgan fingerprint density at radius 1 is 1.36 bits per heavy atom. The van der Waals surface area contributed by atoms with Crippen molar-refractivity contribution >= 4 is 29.1 Å². The fourth-order valence-corrected chi connectivity index (χ4v) is 2.44. The molecule has 1 N–H and O–H groups in total. The van der Waals surface area contributed by atoms with Crippen LogP contribution in [0.2, 0.25) is 0 Å². The number of allylic oxidation sites excluding steroid dienone is 2. The highest BCUT2D eigenvalue weighted by molar-refractivity contribution is 6.39. The summed E-state index contributed by atoms with van der Waals surface area (Å²) in [6, 6.07) is 8.25. The van der Waals surface area contributed by atoms with Gasteiger partial charge in [-0.05, 0) is 25.1 Å². The summed E-state index contributed by atoms with van der Waals surface area (Å²) in [5, 5.41) is 1.73. The second-order valence-electron chi connectivity index (χ2n) is 4.62. The minimum Gasteiger partial charge on any atom is -0.356 e. The molecule has 2 atom stereocenters. The van der Waals surface area contributed by atoms with E-state index in [0.29, 0.717) is 12.2 Å². The van der Waals surface area contributed by atoms with Gasteiger partial charge in [0.05, 0.1) is 11.1 Å². The van der Waals surface area contributed by atoms with Crippen LogP contribution in [0.5, 0.6) is 0 Å². The van der Waals surface area contributed by atoms with Crippen LogP contribution in [0.4, 0.5) is 0 Å². The minimum atomic E-state index is -1.38. The third-order valence-corrected chi connectivity index (χ3v) is 4.20. The summed E-state index contributed by atoms with van der Waals surface area (Å²) in [6.07, 6.45) is 5.08. The van der Waals surface area contributed by atoms with Crippen molar-refractivity contribution in [3.05, 3.63) is 59.2 Å². The first kappa shape index (κ1) is 17.0. The molecule has 1 aromatic rings. The lowest BCUT2D eigenvalue weighted by Crippen LogP contribution is -2.51. The molecule has 0 radical (unpaired) electrons. The van der Waals surface area contributed by atoms with E-state index in [2.05, 4.69) is 5.32 Å². The number of halogens is 2. The largest absolute Gasteiger partial charge is 0.356 e. The number of hydrogen-bond donors (Lipinski definition) is 1. The van der Waals surface area contributed by atoms with E-state index in [9.17, 15) is 4.79 Å². The molecule has 0 spiro atoms. The molecule has 0 aliphatic heterocycles. The second kappa shape index (κ2) is 7.79. The lowest BCUT2D eigenvalue weighted by atomic mass is 10.0. The molecular weight excluding hydrogens is 325 g/mol. The van der Waals surface area contributed by atoms with Gasteiger partial charge >= 0.3 is 0 Å². The van der Waals surface area contributed by atoms with Crippen molar-refractivity contribution in [1.82, 2.24) is 5.32 Å². The molecule has 118 valence electrons. The third kappa shape index (κ3) is 3.90. The molecule has 22 heavy (non-hydrogen) atoms. The smallest absolute Gasteiger partial charge is 0.251 e. The SMILES string of the molecule is CCOCOC1(Cl)C(Cl)=CC=CC1NC(=O)c1ccccc1. The number of carbonyl (C=O) groups is 1. The molecule has 0 saturated heterocycles. The standard InChI is InChI=1S/C16H17Cl2NO3/c1-2-21-11-22-16(18)13(17)9-6-10-14(16)19-15(20)12-7-4-3-5-8-12/h3-10,14H,2,11H2,1H3,(H,19,20). The highest BCUT2D eigenvalue weighted by atomic mass is 35.5. The maximum atomic E-state index is 12.3. The predicted octanol–water partition coefficient (Wildman–Crippen LogP) is 3.42. The monoisotopic (exact) mass is 341 g/mol. The number of carbonyl (C=O) groups excluding carboxylic acids is 1. The van der Waals surface area contributed by atoms with Gasteiger partial charge in [0.1, 0.15) is 6.79 Å². The molecular formula is C16H17Cl2NO3. The van der Waals surface area contributed by atoms with Crippen molar-refractivity contribution in [2.75, 3.05) is 13.4 Å². The summed E-state index contributed by atoms with van der Waals surface area (Å²) in [6.45, 7) is 2.32. The van der Waals surface area contributed by atoms with E-state index in [1.807, 2.05) is 13.0 Å². The molecule has 0 heterocycles. The van der Waals surface area contributed by atoms with Gasteiger partial charge in [-0.3, -0.25) is 4.79 Å². The van der Waals surface area contributed by atoms with E-state index in [0.717, 1.165) is 0 Å². The summed E-state index contributed by atoms with van der Waals surface area (Å²) in [5.74, 6) is -0.258. The van der Waals surface area contributed by atoms with Crippen molar-refractivity contribution in [3.63, 3.8) is 0 Å². The van der Waals surface area contributed by atoms with Crippen LogP contribution in [-0.2, 0) is 9.47 Å². The van der Waals surface area contributed by atoms with Crippen LogP contribution in [0.15, 0.2) is 53.6 Å². The lowest BCUT2D eigenvalue weighted by Gasteiger charge is -2.35. The normalized spacial score (nSPS) is 24.0. The Balaban J connectivity index is 2.12. The van der Waals surface area contributed by atoms with Crippen molar-refractivity contribution in [1.29, 1.82) is 0 Å². The van der Waals surface area contributed by atoms with Crippen LogP contribution < -0.4 is 5.32 Å². The summed E-state index contributed by atoms with van der Waals surface area (Å²) < 4.78 is 10.7. The van der Waals surface area contributed by atoms with Gasteiger partial charge in [0, 0.05) is 12.2 Å². The average Bonchev–Trinajstić information content (AvgIpc) is 2.53. The van der Waals surface area contributed by atoms with Gasteiger partial charge in [-0.15, -0.1) is 0 Å². The van der Waals surface area contributed by atoms with E-state index < -0.39 is 11.1 Å². The maximum absolute atomic E-state index is 12.3. The van der Waals surface area contributed by atoms with Gasteiger partial charge in [-0.1, -0.05) is 53.6 Å². The molecule has 6 heteroatoms. The zero-order chi connectivity index (χ0) is 16.0. The second-order valence-corrected chi connectivity index (χ2v) is 5.59. The van der Waals surface area contributed by atoms with Gasteiger partial charge in [0.25, 0.3) is 5.91 Å². The highest BCUT2D eigenvalue weighted by Gasteiger charge is 2.42. The molecule has 1 aliphatic carbocycles. The average molecular weight is 342 g/mol. The van der Waals surface area contributed by atoms with Gasteiger partial charge in [-0.2, -0.15) is 0 Å². The molecule has 2 unspecified atom stereocenters. The Labute approximate surface area is 139 Å². The number of amides is 1. The highest BCUT2D eigenvalue weighted by Crippen LogP contribution is 2.36. The molecule has 2 rings (SSSR count). The van der Waals surface area contributed by atoms with E-state index >= 15 is 0 Å². The summed E-state index contributed by atoms with van der Waals surface area (Å²) in [4.78, 5) is 12.3. The number of ether oxygens (including phenoxy) is 2. The number of nitrogens with one attached hydrogen (secondary N) is 1. The first-order valence-electron chi connectivity index (χ1n) is 6.89. The fraction of sp³-hybridized carbons (Fsp3) is 0.312. The zero-order valence-electron chi connectivity index (χ0n) is 12.1. The zero-order valence-corrected chi connectivity index (χ0v) is 13.6. The number of rotatable bonds is 6. The Morgan fingerprint density at radius 2 is 2.09 bits per heavy atom. The number of benzene rings is 1. The molecule has 1 amide bonds. The summed E-state index contributed by atoms with van der Waals surface area (Å²) in [5.41, 5.74) is 0.533. The number of hydrogen-bond acceptors (Lipinski definition) is 3. The maximum Gasteiger partial charge on any atom is 0.251 e. The van der Waals surface area contributed by atoms with Crippen molar-refractivity contribution in [2.45, 2.75) is 18.0 Å². The molecule has 0 bridgehead atoms. The third-order valence-electron chi connectivity index (χ3n) is 3.15. The van der Waals surface area contributed by atoms with Crippen LogP contribution in [-0.4, -0.2) is 30.4 Å². The Morgan fingerprint density at radius 3 is 2.77 bits per heavy atom. The number of alkyl halides is 1. The Hall–Kier alpha value is -1.33. The first-order chi connectivity index (χ1) is 10.6. The van der Waals surface area contributed by atoms with E-state index in [1.165, 1.54) is 0 Å². The van der Waals surface area contributed by atoms with Gasteiger partial charge < -0.3 is 14.8 Å². The van der Waals surface area contributed by atoms with E-state index in [1.54, 1.807) is 42.5 Å². The Kier molecular flexibility index (Phi) is 6.03. The molecule has 1 aliphatic rings. The van der Waals surface area contributed by atoms with Crippen LogP contribution in [0.1, 0.15) is 17.3 Å². The van der Waals surface area contributed by atoms with E-state index in [4.69, 9.17) is 32.7 Å². The molecule has 4 nitrogen and oxygen atoms in total. The molecule has 0 saturated carbocycles. The first-order valence-corrected chi connectivity index (χ1v) is 7.64. The molecule has 1 aromatic carbocycles. The summed E-state index contributed by atoms with van der Waals surface area (Å²) >= 11 is 12.7. The van der Waals surface area contributed by atoms with Crippen LogP contribution in [0.25, 0.3) is 0 Å². The Bertz CT molecular complexity index is 574. The van der Waals surface area contributed by atoms with E-state index in [-0.39, 0.29) is 17.7 Å². The van der Waals surface area contributed by atoms with Gasteiger partial charge in [0.2, 0.25) is 5.06 Å². The van der Waals surface area contributed by atoms with Crippen LogP contribution in [0.3, 0.4) is 0 Å². The lowest BCUT2D eigenvalue weighted by molar-refractivity contribution is -0.0945. The van der Waals surface area contributed by atoms with Crippen molar-refractivity contribution in [3.8, 4) is 0 Å². The van der Waals surface area contributed by atoms with Crippen LogP contribution >= 0.6 is 23.2 Å².